The SMILES string of the molecule is CCCCN(CCCCN(C)C)C(=O)CN1C[C@H](c2ccc3c(c2)CCO3)[C@@H](C(=O)O)[C@@H]1CCc1ccccc1OC. The normalized spacial score (nSPS) is 20.0. The van der Waals surface area contributed by atoms with Crippen LogP contribution in [0.4, 0.5) is 0 Å². The first-order valence-corrected chi connectivity index (χ1v) is 15.6. The molecule has 1 amide bonds. The number of fused-ring (bicyclic) bond motifs is 1. The Morgan fingerprint density at radius 1 is 1.07 bits per heavy atom. The van der Waals surface area contributed by atoms with Gasteiger partial charge in [-0.1, -0.05) is 43.7 Å². The van der Waals surface area contributed by atoms with Gasteiger partial charge in [-0.05, 0) is 81.6 Å². The van der Waals surface area contributed by atoms with Gasteiger partial charge in [-0.25, -0.2) is 0 Å². The molecule has 1 fully saturated rings. The fourth-order valence-corrected chi connectivity index (χ4v) is 6.55. The Kier molecular flexibility index (Phi) is 11.7. The summed E-state index contributed by atoms with van der Waals surface area (Å²) >= 11 is 0. The van der Waals surface area contributed by atoms with Gasteiger partial charge in [0, 0.05) is 38.0 Å². The number of hydrogen-bond acceptors (Lipinski definition) is 6. The Morgan fingerprint density at radius 3 is 2.57 bits per heavy atom. The van der Waals surface area contributed by atoms with Gasteiger partial charge in [-0.15, -0.1) is 0 Å². The van der Waals surface area contributed by atoms with Gasteiger partial charge in [0.2, 0.25) is 5.91 Å². The molecule has 0 aliphatic carbocycles. The molecule has 230 valence electrons. The van der Waals surface area contributed by atoms with Crippen LogP contribution in [0.5, 0.6) is 11.5 Å². The van der Waals surface area contributed by atoms with Gasteiger partial charge < -0.3 is 24.4 Å². The first kappa shape index (κ1) is 31.8. The molecule has 0 radical (unpaired) electrons. The molecule has 8 nitrogen and oxygen atoms in total. The summed E-state index contributed by atoms with van der Waals surface area (Å²) in [5.41, 5.74) is 3.22. The van der Waals surface area contributed by atoms with Crippen molar-refractivity contribution in [2.24, 2.45) is 5.92 Å². The molecule has 0 bridgehead atoms. The standard InChI is InChI=1S/C34H49N3O5/c1-5-6-19-36(20-10-9-18-35(2)3)32(38)24-37-23-28(26-14-16-31-27(22-26)17-21-42-31)33(34(39)40)29(37)15-13-25-11-7-8-12-30(25)41-4/h7-8,11-12,14,16,22,28-29,33H,5-6,9-10,13,15,17-21,23-24H2,1-4H3,(H,39,40)/t28-,29+,33-/m1/s1. The van der Waals surface area contributed by atoms with Crippen LogP contribution in [0.3, 0.4) is 0 Å². The second-order valence-corrected chi connectivity index (χ2v) is 12.0. The first-order chi connectivity index (χ1) is 20.3. The van der Waals surface area contributed by atoms with E-state index in [9.17, 15) is 14.7 Å². The van der Waals surface area contributed by atoms with Gasteiger partial charge >= 0.3 is 5.97 Å². The quantitative estimate of drug-likeness (QED) is 0.289. The van der Waals surface area contributed by atoms with Crippen molar-refractivity contribution in [3.63, 3.8) is 0 Å². The molecule has 0 saturated carbocycles. The monoisotopic (exact) mass is 579 g/mol. The lowest BCUT2D eigenvalue weighted by Gasteiger charge is -2.30. The molecule has 0 unspecified atom stereocenters. The van der Waals surface area contributed by atoms with E-state index in [1.165, 1.54) is 0 Å². The smallest absolute Gasteiger partial charge is 0.308 e. The highest BCUT2D eigenvalue weighted by atomic mass is 16.5. The average Bonchev–Trinajstić information content (AvgIpc) is 3.59. The van der Waals surface area contributed by atoms with Crippen molar-refractivity contribution in [2.45, 2.75) is 63.8 Å². The van der Waals surface area contributed by atoms with E-state index in [2.05, 4.69) is 36.9 Å². The number of para-hydroxylation sites is 1. The molecule has 1 saturated heterocycles. The molecule has 3 atom stereocenters. The Labute approximate surface area is 251 Å². The third kappa shape index (κ3) is 8.04. The van der Waals surface area contributed by atoms with Crippen molar-refractivity contribution in [3.8, 4) is 11.5 Å². The fraction of sp³-hybridized carbons (Fsp3) is 0.588. The highest BCUT2D eigenvalue weighted by Crippen LogP contribution is 2.41. The number of aliphatic carboxylic acids is 1. The minimum Gasteiger partial charge on any atom is -0.496 e. The fourth-order valence-electron chi connectivity index (χ4n) is 6.55. The Balaban J connectivity index is 1.57. The van der Waals surface area contributed by atoms with Gasteiger partial charge in [-0.2, -0.15) is 0 Å². The number of rotatable bonds is 16. The number of aryl methyl sites for hydroxylation is 1. The van der Waals surface area contributed by atoms with Crippen LogP contribution in [0.1, 0.15) is 61.6 Å². The molecule has 8 heteroatoms. The van der Waals surface area contributed by atoms with Crippen LogP contribution in [0.15, 0.2) is 42.5 Å². The predicted octanol–water partition coefficient (Wildman–Crippen LogP) is 4.70. The van der Waals surface area contributed by atoms with Crippen LogP contribution in [0, 0.1) is 5.92 Å². The molecule has 42 heavy (non-hydrogen) atoms. The molecular weight excluding hydrogens is 530 g/mol. The molecular formula is C34H49N3O5. The predicted molar refractivity (Wildman–Crippen MR) is 165 cm³/mol. The van der Waals surface area contributed by atoms with Crippen molar-refractivity contribution < 1.29 is 24.2 Å². The zero-order chi connectivity index (χ0) is 30.1. The van der Waals surface area contributed by atoms with E-state index >= 15 is 0 Å². The van der Waals surface area contributed by atoms with E-state index in [0.29, 0.717) is 26.0 Å². The van der Waals surface area contributed by atoms with Gasteiger partial charge in [0.05, 0.1) is 26.2 Å². The summed E-state index contributed by atoms with van der Waals surface area (Å²) in [5.74, 6) is 0.184. The highest BCUT2D eigenvalue weighted by Gasteiger charge is 2.47. The second kappa shape index (κ2) is 15.4. The molecule has 0 aromatic heterocycles. The number of likely N-dealkylation sites (tertiary alicyclic amines) is 1. The van der Waals surface area contributed by atoms with Gasteiger partial charge in [-0.3, -0.25) is 14.5 Å². The maximum absolute atomic E-state index is 13.8. The molecule has 1 N–H and O–H groups in total. The lowest BCUT2D eigenvalue weighted by atomic mass is 9.83. The van der Waals surface area contributed by atoms with E-state index in [1.807, 2.05) is 41.3 Å². The van der Waals surface area contributed by atoms with Gasteiger partial charge in [0.1, 0.15) is 11.5 Å². The van der Waals surface area contributed by atoms with Crippen LogP contribution in [0.25, 0.3) is 0 Å². The van der Waals surface area contributed by atoms with E-state index < -0.39 is 11.9 Å². The molecule has 2 heterocycles. The number of hydrogen-bond donors (Lipinski definition) is 1. The lowest BCUT2D eigenvalue weighted by molar-refractivity contribution is -0.143. The summed E-state index contributed by atoms with van der Waals surface area (Å²) in [6, 6.07) is 13.8. The summed E-state index contributed by atoms with van der Waals surface area (Å²) in [6.45, 7) is 6.07. The molecule has 2 aliphatic rings. The molecule has 0 spiro atoms. The molecule has 2 aromatic rings. The van der Waals surface area contributed by atoms with Crippen molar-refractivity contribution >= 4 is 11.9 Å². The summed E-state index contributed by atoms with van der Waals surface area (Å²) in [5, 5.41) is 10.6. The van der Waals surface area contributed by atoms with E-state index in [1.54, 1.807) is 7.11 Å². The number of ether oxygens (including phenoxy) is 2. The van der Waals surface area contributed by atoms with E-state index in [0.717, 1.165) is 79.9 Å². The second-order valence-electron chi connectivity index (χ2n) is 12.0. The maximum Gasteiger partial charge on any atom is 0.308 e. The summed E-state index contributed by atoms with van der Waals surface area (Å²) in [7, 11) is 5.81. The Morgan fingerprint density at radius 2 is 1.83 bits per heavy atom. The number of carbonyl (C=O) groups is 2. The van der Waals surface area contributed by atoms with Crippen LogP contribution < -0.4 is 9.47 Å². The minimum absolute atomic E-state index is 0.0998. The van der Waals surface area contributed by atoms with Crippen molar-refractivity contribution in [1.29, 1.82) is 0 Å². The minimum atomic E-state index is -0.803. The summed E-state index contributed by atoms with van der Waals surface area (Å²) < 4.78 is 11.3. The largest absolute Gasteiger partial charge is 0.496 e. The molecule has 2 aliphatic heterocycles. The van der Waals surface area contributed by atoms with E-state index in [4.69, 9.17) is 9.47 Å². The summed E-state index contributed by atoms with van der Waals surface area (Å²) in [6.07, 6.45) is 6.15. The Hall–Kier alpha value is -3.10. The van der Waals surface area contributed by atoms with Gasteiger partial charge in [0.25, 0.3) is 0 Å². The third-order valence-electron chi connectivity index (χ3n) is 8.83. The van der Waals surface area contributed by atoms with Gasteiger partial charge in [0.15, 0.2) is 0 Å². The number of unbranched alkanes of at least 4 members (excludes halogenated alkanes) is 2. The van der Waals surface area contributed by atoms with Crippen molar-refractivity contribution in [1.82, 2.24) is 14.7 Å². The maximum atomic E-state index is 13.8. The van der Waals surface area contributed by atoms with Crippen LogP contribution in [0.2, 0.25) is 0 Å². The number of amides is 1. The number of benzene rings is 2. The number of methoxy groups -OCH3 is 1. The van der Waals surface area contributed by atoms with E-state index in [-0.39, 0.29) is 24.4 Å². The van der Waals surface area contributed by atoms with Crippen molar-refractivity contribution in [2.75, 3.05) is 60.5 Å². The number of carboxylic acids is 1. The topological polar surface area (TPSA) is 82.5 Å². The first-order valence-electron chi connectivity index (χ1n) is 15.6. The molecule has 2 aromatic carbocycles. The lowest BCUT2D eigenvalue weighted by Crippen LogP contribution is -2.45. The average molecular weight is 580 g/mol. The zero-order valence-corrected chi connectivity index (χ0v) is 25.9. The third-order valence-corrected chi connectivity index (χ3v) is 8.83. The molecule has 4 rings (SSSR count). The van der Waals surface area contributed by atoms with Crippen LogP contribution in [-0.2, 0) is 22.4 Å². The van der Waals surface area contributed by atoms with Crippen LogP contribution >= 0.6 is 0 Å². The highest BCUT2D eigenvalue weighted by molar-refractivity contribution is 5.79. The number of carbonyl (C=O) groups excluding carboxylic acids is 1. The Bertz CT molecular complexity index is 1190. The number of nitrogens with zero attached hydrogens (tertiary/aromatic N) is 3. The van der Waals surface area contributed by atoms with Crippen LogP contribution in [-0.4, -0.2) is 98.3 Å². The summed E-state index contributed by atoms with van der Waals surface area (Å²) in [4.78, 5) is 33.1. The van der Waals surface area contributed by atoms with Crippen molar-refractivity contribution in [3.05, 3.63) is 59.2 Å². The number of carboxylic acid groups (broad SMARTS) is 1. The zero-order valence-electron chi connectivity index (χ0n) is 25.9.